The van der Waals surface area contributed by atoms with Crippen LogP contribution in [-0.4, -0.2) is 41.9 Å². The lowest BCUT2D eigenvalue weighted by molar-refractivity contribution is 0.0699. The monoisotopic (exact) mass is 420 g/mol. The van der Waals surface area contributed by atoms with Crippen molar-refractivity contribution >= 4 is 26.9 Å². The number of nitrogens with zero attached hydrogens (tertiary/aromatic N) is 2. The number of carbonyl (C=O) groups is 1. The lowest BCUT2D eigenvalue weighted by Gasteiger charge is -2.19. The zero-order valence-corrected chi connectivity index (χ0v) is 16.5. The van der Waals surface area contributed by atoms with Crippen molar-refractivity contribution in [2.45, 2.75) is 18.7 Å². The van der Waals surface area contributed by atoms with Crippen molar-refractivity contribution in [1.82, 2.24) is 9.29 Å². The summed E-state index contributed by atoms with van der Waals surface area (Å²) in [4.78, 5) is 16.1. The third kappa shape index (κ3) is 3.83. The summed E-state index contributed by atoms with van der Waals surface area (Å²) in [6.07, 6.45) is 0. The van der Waals surface area contributed by atoms with Gasteiger partial charge in [0, 0.05) is 24.0 Å². The summed E-state index contributed by atoms with van der Waals surface area (Å²) in [5, 5.41) is 9.76. The van der Waals surface area contributed by atoms with Gasteiger partial charge in [0.1, 0.15) is 0 Å². The van der Waals surface area contributed by atoms with Gasteiger partial charge in [0.25, 0.3) is 0 Å². The molecule has 1 N–H and O–H groups in total. The first kappa shape index (κ1) is 20.8. The first-order valence-corrected chi connectivity index (χ1v) is 10.3. The molecular formula is C20H18F2N2O4S. The predicted molar refractivity (Wildman–Crippen MR) is 104 cm³/mol. The van der Waals surface area contributed by atoms with E-state index < -0.39 is 27.6 Å². The van der Waals surface area contributed by atoms with Crippen molar-refractivity contribution in [3.05, 3.63) is 59.7 Å². The summed E-state index contributed by atoms with van der Waals surface area (Å²) in [5.74, 6) is -3.40. The van der Waals surface area contributed by atoms with Crippen LogP contribution in [0.5, 0.6) is 0 Å². The van der Waals surface area contributed by atoms with Crippen LogP contribution >= 0.6 is 0 Å². The topological polar surface area (TPSA) is 87.6 Å². The molecule has 3 aromatic rings. The molecular weight excluding hydrogens is 402 g/mol. The van der Waals surface area contributed by atoms with Gasteiger partial charge in [0.15, 0.2) is 11.6 Å². The fraction of sp³-hybridized carbons (Fsp3) is 0.200. The second-order valence-electron chi connectivity index (χ2n) is 6.26. The second-order valence-corrected chi connectivity index (χ2v) is 8.20. The normalized spacial score (nSPS) is 11.9. The molecule has 3 rings (SSSR count). The van der Waals surface area contributed by atoms with Gasteiger partial charge in [-0.25, -0.2) is 27.0 Å². The van der Waals surface area contributed by atoms with Gasteiger partial charge in [-0.1, -0.05) is 13.8 Å². The van der Waals surface area contributed by atoms with Gasteiger partial charge in [0.2, 0.25) is 10.0 Å². The molecule has 9 heteroatoms. The Morgan fingerprint density at radius 3 is 2.31 bits per heavy atom. The van der Waals surface area contributed by atoms with Crippen LogP contribution in [0.25, 0.3) is 22.2 Å². The number of pyridine rings is 1. The minimum absolute atomic E-state index is 0.0430. The first-order chi connectivity index (χ1) is 13.7. The summed E-state index contributed by atoms with van der Waals surface area (Å²) in [5.41, 5.74) is 0.371. The summed E-state index contributed by atoms with van der Waals surface area (Å²) in [6.45, 7) is 3.97. The molecule has 0 fully saturated rings. The smallest absolute Gasteiger partial charge is 0.336 e. The average Bonchev–Trinajstić information content (AvgIpc) is 2.69. The van der Waals surface area contributed by atoms with Gasteiger partial charge in [0.05, 0.1) is 21.7 Å². The number of carboxylic acid groups (broad SMARTS) is 1. The Bertz CT molecular complexity index is 1210. The van der Waals surface area contributed by atoms with E-state index in [0.717, 1.165) is 12.1 Å². The van der Waals surface area contributed by atoms with Crippen molar-refractivity contribution < 1.29 is 27.1 Å². The lowest BCUT2D eigenvalue weighted by atomic mass is 10.0. The molecule has 0 aliphatic heterocycles. The third-order valence-corrected chi connectivity index (χ3v) is 6.61. The Morgan fingerprint density at radius 1 is 1.03 bits per heavy atom. The molecule has 29 heavy (non-hydrogen) atoms. The van der Waals surface area contributed by atoms with E-state index in [1.165, 1.54) is 34.6 Å². The molecule has 0 atom stereocenters. The number of fused-ring (bicyclic) bond motifs is 1. The van der Waals surface area contributed by atoms with E-state index in [1.54, 1.807) is 13.8 Å². The molecule has 0 unspecified atom stereocenters. The Balaban J connectivity index is 2.23. The Labute approximate surface area is 166 Å². The number of hydrogen-bond donors (Lipinski definition) is 1. The van der Waals surface area contributed by atoms with Crippen molar-refractivity contribution in [1.29, 1.82) is 0 Å². The molecule has 1 heterocycles. The van der Waals surface area contributed by atoms with Crippen LogP contribution in [0.15, 0.2) is 47.4 Å². The molecule has 152 valence electrons. The summed E-state index contributed by atoms with van der Waals surface area (Å²) in [7, 11) is -3.79. The first-order valence-electron chi connectivity index (χ1n) is 8.82. The second kappa shape index (κ2) is 7.84. The van der Waals surface area contributed by atoms with E-state index in [2.05, 4.69) is 4.98 Å². The highest BCUT2D eigenvalue weighted by atomic mass is 32.2. The zero-order valence-electron chi connectivity index (χ0n) is 15.7. The number of aromatic nitrogens is 1. The maximum atomic E-state index is 13.6. The minimum atomic E-state index is -3.79. The highest BCUT2D eigenvalue weighted by Gasteiger charge is 2.23. The number of aromatic carboxylic acids is 1. The maximum absolute atomic E-state index is 13.6. The van der Waals surface area contributed by atoms with Crippen molar-refractivity contribution in [3.63, 3.8) is 0 Å². The van der Waals surface area contributed by atoms with Gasteiger partial charge in [-0.2, -0.15) is 4.31 Å². The third-order valence-electron chi connectivity index (χ3n) is 4.57. The fourth-order valence-electron chi connectivity index (χ4n) is 3.06. The molecule has 0 saturated carbocycles. The maximum Gasteiger partial charge on any atom is 0.336 e. The molecule has 6 nitrogen and oxygen atoms in total. The van der Waals surface area contributed by atoms with Gasteiger partial charge in [-0.15, -0.1) is 0 Å². The molecule has 0 aliphatic rings. The van der Waals surface area contributed by atoms with Crippen LogP contribution in [0.3, 0.4) is 0 Å². The Kier molecular flexibility index (Phi) is 5.63. The molecule has 1 aromatic heterocycles. The van der Waals surface area contributed by atoms with E-state index in [1.807, 2.05) is 0 Å². The molecule has 0 radical (unpaired) electrons. The number of rotatable bonds is 6. The Hall–Kier alpha value is -2.91. The van der Waals surface area contributed by atoms with Crippen LogP contribution < -0.4 is 0 Å². The van der Waals surface area contributed by atoms with Crippen molar-refractivity contribution in [3.8, 4) is 11.3 Å². The van der Waals surface area contributed by atoms with E-state index in [-0.39, 0.29) is 45.7 Å². The van der Waals surface area contributed by atoms with Crippen LogP contribution in [0.4, 0.5) is 8.78 Å². The summed E-state index contributed by atoms with van der Waals surface area (Å²) >= 11 is 0. The zero-order chi connectivity index (χ0) is 21.3. The molecule has 2 aromatic carbocycles. The van der Waals surface area contributed by atoms with Crippen molar-refractivity contribution in [2.24, 2.45) is 0 Å². The highest BCUT2D eigenvalue weighted by molar-refractivity contribution is 7.89. The van der Waals surface area contributed by atoms with Gasteiger partial charge in [-0.3, -0.25) is 0 Å². The van der Waals surface area contributed by atoms with E-state index in [0.29, 0.717) is 0 Å². The van der Waals surface area contributed by atoms with Crippen molar-refractivity contribution in [2.75, 3.05) is 13.1 Å². The fourth-order valence-corrected chi connectivity index (χ4v) is 4.54. The molecule has 0 saturated heterocycles. The van der Waals surface area contributed by atoms with Crippen LogP contribution in [0, 0.1) is 11.6 Å². The number of carboxylic acids is 1. The number of hydrogen-bond acceptors (Lipinski definition) is 4. The molecule has 0 amide bonds. The molecule has 0 spiro atoms. The standard InChI is InChI=1S/C20H18F2N2O4S/c1-3-24(4-2)29(27,28)13-6-8-18-14(10-13)15(20(25)26)11-19(23-18)12-5-7-16(21)17(22)9-12/h5-11H,3-4H2,1-2H3,(H,25,26). The summed E-state index contributed by atoms with van der Waals surface area (Å²) in [6, 6.07) is 8.38. The number of benzene rings is 2. The van der Waals surface area contributed by atoms with Gasteiger partial charge >= 0.3 is 5.97 Å². The Morgan fingerprint density at radius 2 is 1.72 bits per heavy atom. The predicted octanol–water partition coefficient (Wildman–Crippen LogP) is 3.91. The highest BCUT2D eigenvalue weighted by Crippen LogP contribution is 2.28. The van der Waals surface area contributed by atoms with Gasteiger partial charge in [-0.05, 0) is 42.5 Å². The van der Waals surface area contributed by atoms with E-state index >= 15 is 0 Å². The van der Waals surface area contributed by atoms with E-state index in [4.69, 9.17) is 0 Å². The van der Waals surface area contributed by atoms with E-state index in [9.17, 15) is 27.1 Å². The van der Waals surface area contributed by atoms with Crippen LogP contribution in [0.1, 0.15) is 24.2 Å². The quantitative estimate of drug-likeness (QED) is 0.653. The number of halogens is 2. The largest absolute Gasteiger partial charge is 0.478 e. The number of sulfonamides is 1. The molecule has 0 bridgehead atoms. The summed E-state index contributed by atoms with van der Waals surface area (Å²) < 4.78 is 53.6. The minimum Gasteiger partial charge on any atom is -0.478 e. The van der Waals surface area contributed by atoms with Crippen LogP contribution in [0.2, 0.25) is 0 Å². The average molecular weight is 420 g/mol. The lowest BCUT2D eigenvalue weighted by Crippen LogP contribution is -2.30. The van der Waals surface area contributed by atoms with Gasteiger partial charge < -0.3 is 5.11 Å². The van der Waals surface area contributed by atoms with Crippen LogP contribution in [-0.2, 0) is 10.0 Å². The molecule has 0 aliphatic carbocycles. The SMILES string of the molecule is CCN(CC)S(=O)(=O)c1ccc2nc(-c3ccc(F)c(F)c3)cc(C(=O)O)c2c1.